The predicted molar refractivity (Wildman–Crippen MR) is 70.5 cm³/mol. The lowest BCUT2D eigenvalue weighted by Gasteiger charge is -2.33. The molecule has 18 heavy (non-hydrogen) atoms. The molecule has 0 radical (unpaired) electrons. The van der Waals surface area contributed by atoms with E-state index in [2.05, 4.69) is 31.2 Å². The van der Waals surface area contributed by atoms with Gasteiger partial charge in [0.15, 0.2) is 11.5 Å². The summed E-state index contributed by atoms with van der Waals surface area (Å²) in [5.74, 6) is 0.754. The minimum absolute atomic E-state index is 0.0210. The summed E-state index contributed by atoms with van der Waals surface area (Å²) in [4.78, 5) is 22.5. The largest absolute Gasteiger partial charge is 0.353 e. The molecular weight excluding hydrogens is 298 g/mol. The second kappa shape index (κ2) is 4.24. The van der Waals surface area contributed by atoms with Crippen LogP contribution in [0, 0.1) is 0 Å². The van der Waals surface area contributed by atoms with Crippen LogP contribution in [0.2, 0.25) is 0 Å². The zero-order valence-corrected chi connectivity index (χ0v) is 11.4. The number of rotatable bonds is 1. The Hall–Kier alpha value is -1.63. The summed E-state index contributed by atoms with van der Waals surface area (Å²) < 4.78 is 2.62. The van der Waals surface area contributed by atoms with Crippen LogP contribution < -0.4 is 10.2 Å². The zero-order valence-electron chi connectivity index (χ0n) is 9.80. The molecule has 2 aromatic heterocycles. The van der Waals surface area contributed by atoms with Gasteiger partial charge in [-0.1, -0.05) is 0 Å². The van der Waals surface area contributed by atoms with Crippen molar-refractivity contribution in [3.05, 3.63) is 23.2 Å². The van der Waals surface area contributed by atoms with Gasteiger partial charge >= 0.3 is 0 Å². The Labute approximate surface area is 112 Å². The number of carbonyl (C=O) groups excluding carboxylic acids is 1. The van der Waals surface area contributed by atoms with Gasteiger partial charge in [0.1, 0.15) is 10.6 Å². The molecule has 1 amide bonds. The van der Waals surface area contributed by atoms with Crippen molar-refractivity contribution in [3.63, 3.8) is 0 Å². The number of nitrogens with zero attached hydrogens (tertiary/aromatic N) is 4. The normalized spacial score (nSPS) is 20.2. The van der Waals surface area contributed by atoms with Crippen LogP contribution in [0.5, 0.6) is 0 Å². The Morgan fingerprint density at radius 1 is 1.56 bits per heavy atom. The molecule has 0 saturated carbocycles. The maximum Gasteiger partial charge on any atom is 0.242 e. The molecule has 2 aromatic rings. The molecule has 1 saturated heterocycles. The molecule has 1 aliphatic rings. The molecule has 7 heteroatoms. The first-order valence-corrected chi connectivity index (χ1v) is 6.49. The van der Waals surface area contributed by atoms with Crippen molar-refractivity contribution in [1.29, 1.82) is 0 Å². The highest BCUT2D eigenvalue weighted by Crippen LogP contribution is 2.23. The van der Waals surface area contributed by atoms with E-state index in [4.69, 9.17) is 0 Å². The molecule has 0 bridgehead atoms. The van der Waals surface area contributed by atoms with Gasteiger partial charge in [-0.15, -0.1) is 0 Å². The Bertz CT molecular complexity index is 610. The van der Waals surface area contributed by atoms with E-state index in [-0.39, 0.29) is 11.9 Å². The molecule has 0 aromatic carbocycles. The molecule has 1 unspecified atom stereocenters. The molecule has 6 nitrogen and oxygen atoms in total. The van der Waals surface area contributed by atoms with Gasteiger partial charge in [0.05, 0.1) is 0 Å². The molecule has 94 valence electrons. The Morgan fingerprint density at radius 3 is 3.22 bits per heavy atom. The molecule has 0 aliphatic carbocycles. The number of amides is 1. The first kappa shape index (κ1) is 11.5. The number of piperazine rings is 1. The van der Waals surface area contributed by atoms with Crippen LogP contribution in [0.1, 0.15) is 6.92 Å². The second-order valence-corrected chi connectivity index (χ2v) is 5.02. The molecule has 1 aliphatic heterocycles. The third kappa shape index (κ3) is 1.74. The van der Waals surface area contributed by atoms with Gasteiger partial charge in [0.2, 0.25) is 5.91 Å². The third-order valence-electron chi connectivity index (χ3n) is 3.10. The van der Waals surface area contributed by atoms with Crippen LogP contribution in [-0.2, 0) is 4.79 Å². The summed E-state index contributed by atoms with van der Waals surface area (Å²) in [7, 11) is 0. The maximum atomic E-state index is 11.7. The fraction of sp³-hybridized carbons (Fsp3) is 0.364. The Morgan fingerprint density at radius 2 is 2.39 bits per heavy atom. The van der Waals surface area contributed by atoms with Crippen molar-refractivity contribution in [1.82, 2.24) is 19.7 Å². The lowest BCUT2D eigenvalue weighted by molar-refractivity contribution is -0.122. The molecule has 1 fully saturated rings. The first-order valence-electron chi connectivity index (χ1n) is 5.70. The second-order valence-electron chi connectivity index (χ2n) is 4.21. The number of aromatic nitrogens is 3. The average molecular weight is 310 g/mol. The number of fused-ring (bicyclic) bond motifs is 1. The topological polar surface area (TPSA) is 62.5 Å². The van der Waals surface area contributed by atoms with Crippen molar-refractivity contribution in [3.8, 4) is 0 Å². The molecule has 1 atom stereocenters. The first-order chi connectivity index (χ1) is 8.66. The number of anilines is 1. The van der Waals surface area contributed by atoms with E-state index in [1.165, 1.54) is 0 Å². The van der Waals surface area contributed by atoms with Crippen LogP contribution in [-0.4, -0.2) is 39.4 Å². The van der Waals surface area contributed by atoms with Crippen LogP contribution in [0.25, 0.3) is 5.65 Å². The van der Waals surface area contributed by atoms with Crippen LogP contribution in [0.3, 0.4) is 0 Å². The number of hydrogen-bond acceptors (Lipinski definition) is 4. The van der Waals surface area contributed by atoms with Crippen molar-refractivity contribution < 1.29 is 4.79 Å². The average Bonchev–Trinajstić information content (AvgIpc) is 2.79. The SMILES string of the molecule is CC1C(=O)NCCN1c1nc(Br)cn2ccnc12. The third-order valence-corrected chi connectivity index (χ3v) is 3.48. The Kier molecular flexibility index (Phi) is 2.70. The van der Waals surface area contributed by atoms with Gasteiger partial charge in [0.25, 0.3) is 0 Å². The quantitative estimate of drug-likeness (QED) is 0.847. The van der Waals surface area contributed by atoms with Gasteiger partial charge in [0, 0.05) is 31.7 Å². The van der Waals surface area contributed by atoms with E-state index >= 15 is 0 Å². The van der Waals surface area contributed by atoms with Crippen LogP contribution in [0.15, 0.2) is 23.2 Å². The zero-order chi connectivity index (χ0) is 12.7. The van der Waals surface area contributed by atoms with Crippen LogP contribution in [0.4, 0.5) is 5.82 Å². The van der Waals surface area contributed by atoms with E-state index in [1.54, 1.807) is 6.20 Å². The van der Waals surface area contributed by atoms with Crippen molar-refractivity contribution >= 4 is 33.3 Å². The van der Waals surface area contributed by atoms with E-state index < -0.39 is 0 Å². The number of halogens is 1. The van der Waals surface area contributed by atoms with Gasteiger partial charge in [-0.25, -0.2) is 9.97 Å². The Balaban J connectivity index is 2.12. The van der Waals surface area contributed by atoms with E-state index in [9.17, 15) is 4.79 Å². The highest BCUT2D eigenvalue weighted by atomic mass is 79.9. The molecular formula is C11H12BrN5O. The minimum atomic E-state index is -0.235. The fourth-order valence-electron chi connectivity index (χ4n) is 2.15. The highest BCUT2D eigenvalue weighted by Gasteiger charge is 2.28. The number of carbonyl (C=O) groups is 1. The standard InChI is InChI=1S/C11H12BrN5O/c1-7-11(18)14-3-5-17(7)10-9-13-2-4-16(9)6-8(12)15-10/h2,4,6-7H,3,5H2,1H3,(H,14,18). The van der Waals surface area contributed by atoms with E-state index in [0.717, 1.165) is 22.6 Å². The summed E-state index contributed by atoms with van der Waals surface area (Å²) in [6, 6.07) is -0.235. The van der Waals surface area contributed by atoms with Gasteiger partial charge in [-0.05, 0) is 22.9 Å². The van der Waals surface area contributed by atoms with Crippen LogP contribution >= 0.6 is 15.9 Å². The lowest BCUT2D eigenvalue weighted by atomic mass is 10.2. The summed E-state index contributed by atoms with van der Waals surface area (Å²) in [6.45, 7) is 3.24. The van der Waals surface area contributed by atoms with Crippen molar-refractivity contribution in [2.24, 2.45) is 0 Å². The van der Waals surface area contributed by atoms with Gasteiger partial charge in [-0.2, -0.15) is 0 Å². The fourth-order valence-corrected chi connectivity index (χ4v) is 2.54. The summed E-state index contributed by atoms with van der Waals surface area (Å²) >= 11 is 3.38. The number of nitrogens with one attached hydrogen (secondary N) is 1. The predicted octanol–water partition coefficient (Wildman–Crippen LogP) is 0.816. The van der Waals surface area contributed by atoms with Gasteiger partial charge in [-0.3, -0.25) is 4.79 Å². The smallest absolute Gasteiger partial charge is 0.242 e. The summed E-state index contributed by atoms with van der Waals surface area (Å²) in [5.41, 5.74) is 0.764. The van der Waals surface area contributed by atoms with Crippen molar-refractivity contribution in [2.75, 3.05) is 18.0 Å². The minimum Gasteiger partial charge on any atom is -0.353 e. The van der Waals surface area contributed by atoms with E-state index in [1.807, 2.05) is 28.6 Å². The molecule has 1 N–H and O–H groups in total. The number of imidazole rings is 1. The van der Waals surface area contributed by atoms with E-state index in [0.29, 0.717) is 6.54 Å². The van der Waals surface area contributed by atoms with Crippen molar-refractivity contribution in [2.45, 2.75) is 13.0 Å². The summed E-state index contributed by atoms with van der Waals surface area (Å²) in [5, 5.41) is 2.84. The highest BCUT2D eigenvalue weighted by molar-refractivity contribution is 9.10. The lowest BCUT2D eigenvalue weighted by Crippen LogP contribution is -2.54. The maximum absolute atomic E-state index is 11.7. The molecule has 3 rings (SSSR count). The summed E-state index contributed by atoms with van der Waals surface area (Å²) in [6.07, 6.45) is 5.43. The van der Waals surface area contributed by atoms with Gasteiger partial charge < -0.3 is 14.6 Å². The number of hydrogen-bond donors (Lipinski definition) is 1. The molecule has 0 spiro atoms. The molecule has 3 heterocycles. The monoisotopic (exact) mass is 309 g/mol.